The molecule has 1 fully saturated rings. The predicted molar refractivity (Wildman–Crippen MR) is 105 cm³/mol. The number of fused-ring (bicyclic) bond motifs is 1. The number of para-hydroxylation sites is 1. The van der Waals surface area contributed by atoms with E-state index >= 15 is 0 Å². The van der Waals surface area contributed by atoms with Crippen LogP contribution in [-0.2, 0) is 11.3 Å². The molecule has 1 aliphatic rings. The highest BCUT2D eigenvalue weighted by Crippen LogP contribution is 2.24. The number of hydrogen-bond acceptors (Lipinski definition) is 5. The van der Waals surface area contributed by atoms with E-state index in [9.17, 15) is 4.79 Å². The molecule has 6 heteroatoms. The van der Waals surface area contributed by atoms with Crippen molar-refractivity contribution >= 4 is 22.6 Å². The van der Waals surface area contributed by atoms with Crippen molar-refractivity contribution in [2.45, 2.75) is 13.5 Å². The van der Waals surface area contributed by atoms with Gasteiger partial charge in [0.2, 0.25) is 5.82 Å². The zero-order valence-electron chi connectivity index (χ0n) is 15.3. The van der Waals surface area contributed by atoms with Crippen LogP contribution >= 0.6 is 0 Å². The summed E-state index contributed by atoms with van der Waals surface area (Å²) in [6.07, 6.45) is 0. The third-order valence-corrected chi connectivity index (χ3v) is 4.80. The van der Waals surface area contributed by atoms with Gasteiger partial charge in [0, 0.05) is 25.0 Å². The summed E-state index contributed by atoms with van der Waals surface area (Å²) in [4.78, 5) is 24.0. The van der Waals surface area contributed by atoms with E-state index in [0.29, 0.717) is 19.8 Å². The Morgan fingerprint density at radius 3 is 2.63 bits per heavy atom. The van der Waals surface area contributed by atoms with Gasteiger partial charge in [-0.2, -0.15) is 0 Å². The molecule has 138 valence electrons. The van der Waals surface area contributed by atoms with Crippen molar-refractivity contribution in [3.63, 3.8) is 0 Å². The first-order valence-electron chi connectivity index (χ1n) is 9.14. The molecule has 0 aliphatic carbocycles. The fourth-order valence-electron chi connectivity index (χ4n) is 3.24. The zero-order valence-corrected chi connectivity index (χ0v) is 15.3. The van der Waals surface area contributed by atoms with Crippen molar-refractivity contribution < 1.29 is 9.53 Å². The molecular formula is C21H22N4O2. The molecule has 27 heavy (non-hydrogen) atoms. The Morgan fingerprint density at radius 1 is 1.07 bits per heavy atom. The lowest BCUT2D eigenvalue weighted by Crippen LogP contribution is -2.37. The molecule has 0 bridgehead atoms. The molecule has 1 aliphatic heterocycles. The third kappa shape index (κ3) is 3.75. The van der Waals surface area contributed by atoms with Gasteiger partial charge in [0.15, 0.2) is 0 Å². The van der Waals surface area contributed by atoms with Crippen LogP contribution in [0, 0.1) is 6.92 Å². The van der Waals surface area contributed by atoms with Crippen LogP contribution in [0.25, 0.3) is 10.9 Å². The number of aryl methyl sites for hydroxylation is 1. The molecule has 0 spiro atoms. The van der Waals surface area contributed by atoms with Crippen molar-refractivity contribution in [1.29, 1.82) is 0 Å². The number of carbonyl (C=O) groups is 1. The van der Waals surface area contributed by atoms with E-state index in [1.54, 1.807) is 0 Å². The molecule has 3 aromatic rings. The summed E-state index contributed by atoms with van der Waals surface area (Å²) in [5.41, 5.74) is 3.00. The number of anilines is 1. The summed E-state index contributed by atoms with van der Waals surface area (Å²) in [6.45, 7) is 5.32. The normalized spacial score (nSPS) is 14.3. The fourth-order valence-corrected chi connectivity index (χ4v) is 3.24. The van der Waals surface area contributed by atoms with Gasteiger partial charge in [-0.1, -0.05) is 36.4 Å². The summed E-state index contributed by atoms with van der Waals surface area (Å²) in [5.74, 6) is 0.729. The Hall–Kier alpha value is -2.99. The van der Waals surface area contributed by atoms with Crippen LogP contribution in [-0.4, -0.2) is 42.2 Å². The number of hydrogen-bond donors (Lipinski definition) is 1. The average molecular weight is 362 g/mol. The molecule has 1 amide bonds. The highest BCUT2D eigenvalue weighted by molar-refractivity contribution is 5.96. The largest absolute Gasteiger partial charge is 0.378 e. The van der Waals surface area contributed by atoms with Crippen LogP contribution in [0.15, 0.2) is 48.5 Å². The SMILES string of the molecule is Cc1ccccc1CNC(=O)c1nc(N2CCOCC2)c2ccccc2n1. The lowest BCUT2D eigenvalue weighted by atomic mass is 10.1. The molecule has 0 saturated carbocycles. The average Bonchev–Trinajstić information content (AvgIpc) is 2.73. The second-order valence-electron chi connectivity index (χ2n) is 6.60. The third-order valence-electron chi connectivity index (χ3n) is 4.80. The first-order chi connectivity index (χ1) is 13.2. The molecule has 0 unspecified atom stereocenters. The van der Waals surface area contributed by atoms with Crippen molar-refractivity contribution in [2.75, 3.05) is 31.2 Å². The second kappa shape index (κ2) is 7.72. The second-order valence-corrected chi connectivity index (χ2v) is 6.60. The topological polar surface area (TPSA) is 67.4 Å². The van der Waals surface area contributed by atoms with E-state index in [-0.39, 0.29) is 11.7 Å². The van der Waals surface area contributed by atoms with Gasteiger partial charge in [0.25, 0.3) is 5.91 Å². The molecule has 2 aromatic carbocycles. The maximum Gasteiger partial charge on any atom is 0.289 e. The summed E-state index contributed by atoms with van der Waals surface area (Å²) in [5, 5.41) is 3.90. The number of nitrogens with one attached hydrogen (secondary N) is 1. The molecule has 0 atom stereocenters. The van der Waals surface area contributed by atoms with Crippen molar-refractivity contribution in [2.24, 2.45) is 0 Å². The molecule has 1 N–H and O–H groups in total. The number of carbonyl (C=O) groups excluding carboxylic acids is 1. The highest BCUT2D eigenvalue weighted by Gasteiger charge is 2.19. The Kier molecular flexibility index (Phi) is 4.98. The minimum atomic E-state index is -0.265. The number of amides is 1. The van der Waals surface area contributed by atoms with Gasteiger partial charge < -0.3 is 15.0 Å². The fraction of sp³-hybridized carbons (Fsp3) is 0.286. The van der Waals surface area contributed by atoms with Crippen LogP contribution in [0.5, 0.6) is 0 Å². The summed E-state index contributed by atoms with van der Waals surface area (Å²) < 4.78 is 5.45. The number of morpholine rings is 1. The van der Waals surface area contributed by atoms with Crippen LogP contribution in [0.1, 0.15) is 21.7 Å². The Bertz CT molecular complexity index is 967. The molecule has 0 radical (unpaired) electrons. The number of aromatic nitrogens is 2. The van der Waals surface area contributed by atoms with Gasteiger partial charge in [-0.15, -0.1) is 0 Å². The van der Waals surface area contributed by atoms with Gasteiger partial charge in [-0.3, -0.25) is 4.79 Å². The van der Waals surface area contributed by atoms with Crippen LogP contribution in [0.4, 0.5) is 5.82 Å². The van der Waals surface area contributed by atoms with Crippen molar-refractivity contribution in [3.05, 3.63) is 65.5 Å². The maximum atomic E-state index is 12.7. The molecule has 2 heterocycles. The lowest BCUT2D eigenvalue weighted by molar-refractivity contribution is 0.0940. The molecular weight excluding hydrogens is 340 g/mol. The first kappa shape index (κ1) is 17.4. The van der Waals surface area contributed by atoms with Gasteiger partial charge >= 0.3 is 0 Å². The Balaban J connectivity index is 1.63. The number of rotatable bonds is 4. The number of nitrogens with zero attached hydrogens (tertiary/aromatic N) is 3. The number of benzene rings is 2. The molecule has 1 saturated heterocycles. The zero-order chi connectivity index (χ0) is 18.6. The first-order valence-corrected chi connectivity index (χ1v) is 9.14. The highest BCUT2D eigenvalue weighted by atomic mass is 16.5. The minimum absolute atomic E-state index is 0.198. The van der Waals surface area contributed by atoms with Crippen LogP contribution < -0.4 is 10.2 Å². The van der Waals surface area contributed by atoms with Crippen molar-refractivity contribution in [3.8, 4) is 0 Å². The van der Waals surface area contributed by atoms with Gasteiger partial charge in [0.1, 0.15) is 5.82 Å². The monoisotopic (exact) mass is 362 g/mol. The standard InChI is InChI=1S/C21H22N4O2/c1-15-6-2-3-7-16(15)14-22-21(26)19-23-18-9-5-4-8-17(18)20(24-19)25-10-12-27-13-11-25/h2-9H,10-14H2,1H3,(H,22,26). The molecule has 6 nitrogen and oxygen atoms in total. The van der Waals surface area contributed by atoms with E-state index in [4.69, 9.17) is 4.74 Å². The smallest absolute Gasteiger partial charge is 0.289 e. The van der Waals surface area contributed by atoms with E-state index in [1.165, 1.54) is 0 Å². The van der Waals surface area contributed by atoms with E-state index in [1.807, 2.05) is 55.5 Å². The minimum Gasteiger partial charge on any atom is -0.378 e. The lowest BCUT2D eigenvalue weighted by Gasteiger charge is -2.28. The Morgan fingerprint density at radius 2 is 1.81 bits per heavy atom. The van der Waals surface area contributed by atoms with Gasteiger partial charge in [0.05, 0.1) is 18.7 Å². The van der Waals surface area contributed by atoms with Crippen LogP contribution in [0.2, 0.25) is 0 Å². The van der Waals surface area contributed by atoms with Crippen molar-refractivity contribution in [1.82, 2.24) is 15.3 Å². The summed E-state index contributed by atoms with van der Waals surface area (Å²) in [7, 11) is 0. The quantitative estimate of drug-likeness (QED) is 0.773. The molecule has 1 aromatic heterocycles. The van der Waals surface area contributed by atoms with E-state index in [0.717, 1.165) is 40.9 Å². The van der Waals surface area contributed by atoms with E-state index in [2.05, 4.69) is 20.2 Å². The summed E-state index contributed by atoms with van der Waals surface area (Å²) in [6, 6.07) is 15.8. The van der Waals surface area contributed by atoms with Gasteiger partial charge in [-0.25, -0.2) is 9.97 Å². The maximum absolute atomic E-state index is 12.7. The summed E-state index contributed by atoms with van der Waals surface area (Å²) >= 11 is 0. The molecule has 4 rings (SSSR count). The van der Waals surface area contributed by atoms with E-state index < -0.39 is 0 Å². The Labute approximate surface area is 158 Å². The number of ether oxygens (including phenoxy) is 1. The van der Waals surface area contributed by atoms with Crippen LogP contribution in [0.3, 0.4) is 0 Å². The predicted octanol–water partition coefficient (Wildman–Crippen LogP) is 2.70. The van der Waals surface area contributed by atoms with Gasteiger partial charge in [-0.05, 0) is 30.2 Å².